The first-order valence-corrected chi connectivity index (χ1v) is 14.5. The number of nitrogens with zero attached hydrogens (tertiary/aromatic N) is 2. The Labute approximate surface area is 260 Å². The van der Waals surface area contributed by atoms with Crippen molar-refractivity contribution in [3.63, 3.8) is 0 Å². The van der Waals surface area contributed by atoms with E-state index in [0.29, 0.717) is 34.9 Å². The molecule has 13 heteroatoms. The van der Waals surface area contributed by atoms with Crippen LogP contribution in [0.25, 0.3) is 11.5 Å². The third-order valence-electron chi connectivity index (χ3n) is 7.17. The average Bonchev–Trinajstić information content (AvgIpc) is 3.54. The Balaban J connectivity index is 1.41. The zero-order valence-corrected chi connectivity index (χ0v) is 26.1. The maximum Gasteiger partial charge on any atom is 0.305 e. The summed E-state index contributed by atoms with van der Waals surface area (Å²) >= 11 is 0. The Morgan fingerprint density at radius 2 is 1.84 bits per heavy atom. The zero-order chi connectivity index (χ0) is 32.9. The first kappa shape index (κ1) is 33.0. The van der Waals surface area contributed by atoms with Gasteiger partial charge in [-0.3, -0.25) is 19.2 Å². The van der Waals surface area contributed by atoms with Crippen molar-refractivity contribution in [2.45, 2.75) is 71.6 Å². The average molecular weight is 623 g/mol. The van der Waals surface area contributed by atoms with Gasteiger partial charge in [-0.25, -0.2) is 0 Å². The number of carboxylic acids is 1. The molecule has 0 aliphatic carbocycles. The van der Waals surface area contributed by atoms with Crippen LogP contribution >= 0.6 is 0 Å². The quantitative estimate of drug-likeness (QED) is 0.241. The van der Waals surface area contributed by atoms with Gasteiger partial charge in [-0.15, -0.1) is 0 Å². The van der Waals surface area contributed by atoms with Crippen molar-refractivity contribution in [3.8, 4) is 28.7 Å². The van der Waals surface area contributed by atoms with Crippen LogP contribution in [0.4, 0.5) is 0 Å². The standard InChI is InChI=1S/C32H38N4O9/c1-17(2)29(35-27(38)13-20-11-19(7-9-25(20)42-6)31-33-18(3)36-45-31)30(41)34-23(14-28(39)40)24(37)16-43-22-8-10-26-21(12-22)15-32(4,5)44-26/h7-12,17,23,29H,13-16H2,1-6H3,(H,34,41)(H,35,38)(H,39,40)/t23-,29-/m0/s1. The van der Waals surface area contributed by atoms with E-state index in [-0.39, 0.29) is 17.9 Å². The van der Waals surface area contributed by atoms with E-state index in [1.807, 2.05) is 13.8 Å². The molecule has 0 saturated carbocycles. The molecule has 2 atom stereocenters. The van der Waals surface area contributed by atoms with Gasteiger partial charge in [0.15, 0.2) is 11.6 Å². The predicted molar refractivity (Wildman–Crippen MR) is 161 cm³/mol. The van der Waals surface area contributed by atoms with Crippen molar-refractivity contribution in [1.82, 2.24) is 20.8 Å². The molecule has 3 N–H and O–H groups in total. The molecule has 4 rings (SSSR count). The van der Waals surface area contributed by atoms with E-state index in [4.69, 9.17) is 18.7 Å². The molecule has 0 bridgehead atoms. The molecule has 2 amide bonds. The van der Waals surface area contributed by atoms with Gasteiger partial charge >= 0.3 is 5.97 Å². The highest BCUT2D eigenvalue weighted by Crippen LogP contribution is 2.36. The molecule has 0 fully saturated rings. The van der Waals surface area contributed by atoms with Gasteiger partial charge < -0.3 is 34.5 Å². The van der Waals surface area contributed by atoms with Gasteiger partial charge in [0.2, 0.25) is 11.8 Å². The fourth-order valence-corrected chi connectivity index (χ4v) is 5.01. The lowest BCUT2D eigenvalue weighted by atomic mass is 10.0. The van der Waals surface area contributed by atoms with Crippen LogP contribution in [0, 0.1) is 12.8 Å². The third-order valence-corrected chi connectivity index (χ3v) is 7.17. The van der Waals surface area contributed by atoms with Gasteiger partial charge in [-0.2, -0.15) is 4.98 Å². The molecule has 1 aliphatic rings. The zero-order valence-electron chi connectivity index (χ0n) is 26.1. The number of nitrogens with one attached hydrogen (secondary N) is 2. The van der Waals surface area contributed by atoms with E-state index >= 15 is 0 Å². The molecule has 2 heterocycles. The van der Waals surface area contributed by atoms with Gasteiger partial charge in [0.05, 0.1) is 20.0 Å². The molecule has 45 heavy (non-hydrogen) atoms. The van der Waals surface area contributed by atoms with E-state index in [1.165, 1.54) is 7.11 Å². The third kappa shape index (κ3) is 8.58. The number of hydrogen-bond acceptors (Lipinski definition) is 10. The second-order valence-electron chi connectivity index (χ2n) is 11.9. The van der Waals surface area contributed by atoms with Crippen LogP contribution < -0.4 is 24.8 Å². The van der Waals surface area contributed by atoms with E-state index in [1.54, 1.807) is 57.2 Å². The topological polar surface area (TPSA) is 179 Å². The summed E-state index contributed by atoms with van der Waals surface area (Å²) in [5, 5.41) is 18.4. The lowest BCUT2D eigenvalue weighted by Crippen LogP contribution is -2.54. The minimum atomic E-state index is -1.38. The molecular weight excluding hydrogens is 584 g/mol. The number of aliphatic carboxylic acids is 1. The second kappa shape index (κ2) is 13.8. The molecule has 13 nitrogen and oxygen atoms in total. The number of Topliss-reactive ketones (excluding diaryl/α,β-unsaturated/α-hetero) is 1. The van der Waals surface area contributed by atoms with Crippen molar-refractivity contribution < 1.29 is 43.0 Å². The lowest BCUT2D eigenvalue weighted by Gasteiger charge is -2.25. The van der Waals surface area contributed by atoms with Gasteiger partial charge in [0.25, 0.3) is 5.89 Å². The minimum Gasteiger partial charge on any atom is -0.496 e. The number of carbonyl (C=O) groups excluding carboxylic acids is 3. The van der Waals surface area contributed by atoms with Crippen LogP contribution in [0.5, 0.6) is 17.2 Å². The predicted octanol–water partition coefficient (Wildman–Crippen LogP) is 3.06. The maximum atomic E-state index is 13.3. The molecular formula is C32H38N4O9. The molecule has 0 saturated heterocycles. The largest absolute Gasteiger partial charge is 0.496 e. The van der Waals surface area contributed by atoms with E-state index in [0.717, 1.165) is 11.3 Å². The fraction of sp³-hybridized carbons (Fsp3) is 0.438. The number of fused-ring (bicyclic) bond motifs is 1. The van der Waals surface area contributed by atoms with Crippen molar-refractivity contribution >= 4 is 23.6 Å². The SMILES string of the molecule is COc1ccc(-c2nc(C)no2)cc1CC(=O)N[C@H](C(=O)N[C@@H](CC(=O)O)C(=O)COc1ccc2c(c1)CC(C)(C)O2)C(C)C. The summed E-state index contributed by atoms with van der Waals surface area (Å²) in [4.78, 5) is 55.3. The molecule has 1 aliphatic heterocycles. The number of ether oxygens (including phenoxy) is 3. The van der Waals surface area contributed by atoms with E-state index in [9.17, 15) is 24.3 Å². The number of aromatic nitrogens is 2. The van der Waals surface area contributed by atoms with Gasteiger partial charge in [0.1, 0.15) is 41.5 Å². The second-order valence-corrected chi connectivity index (χ2v) is 11.9. The maximum absolute atomic E-state index is 13.3. The Bertz CT molecular complexity index is 1580. The summed E-state index contributed by atoms with van der Waals surface area (Å²) in [6.07, 6.45) is -0.128. The lowest BCUT2D eigenvalue weighted by molar-refractivity contribution is -0.141. The molecule has 240 valence electrons. The van der Waals surface area contributed by atoms with Crippen molar-refractivity contribution in [1.29, 1.82) is 0 Å². The first-order chi connectivity index (χ1) is 21.2. The summed E-state index contributed by atoms with van der Waals surface area (Å²) in [6.45, 7) is 8.61. The number of methoxy groups -OCH3 is 1. The molecule has 3 aromatic rings. The van der Waals surface area contributed by atoms with Gasteiger partial charge in [-0.1, -0.05) is 19.0 Å². The molecule has 1 aromatic heterocycles. The van der Waals surface area contributed by atoms with Crippen LogP contribution in [0.2, 0.25) is 0 Å². The summed E-state index contributed by atoms with van der Waals surface area (Å²) in [5.74, 6) is -1.14. The van der Waals surface area contributed by atoms with E-state index < -0.39 is 54.6 Å². The smallest absolute Gasteiger partial charge is 0.305 e. The normalized spacial score (nSPS) is 14.6. The Kier molecular flexibility index (Phi) is 10.1. The fourth-order valence-electron chi connectivity index (χ4n) is 5.01. The van der Waals surface area contributed by atoms with Crippen LogP contribution in [0.15, 0.2) is 40.9 Å². The van der Waals surface area contributed by atoms with Crippen molar-refractivity contribution in [3.05, 3.63) is 53.3 Å². The number of ketones is 1. The minimum absolute atomic E-state index is 0.144. The highest BCUT2D eigenvalue weighted by molar-refractivity contribution is 5.95. The van der Waals surface area contributed by atoms with E-state index in [2.05, 4.69) is 20.8 Å². The molecule has 2 aromatic carbocycles. The number of rotatable bonds is 14. The molecule has 0 radical (unpaired) electrons. The van der Waals surface area contributed by atoms with Crippen LogP contribution in [-0.2, 0) is 32.0 Å². The van der Waals surface area contributed by atoms with Crippen molar-refractivity contribution in [2.75, 3.05) is 13.7 Å². The number of aryl methyl sites for hydroxylation is 1. The Morgan fingerprint density at radius 3 is 2.49 bits per heavy atom. The van der Waals surface area contributed by atoms with Crippen LogP contribution in [0.1, 0.15) is 51.1 Å². The van der Waals surface area contributed by atoms with Crippen molar-refractivity contribution in [2.24, 2.45) is 5.92 Å². The van der Waals surface area contributed by atoms with Gasteiger partial charge in [-0.05, 0) is 63.1 Å². The molecule has 0 spiro atoms. The number of carboxylic acid groups (broad SMARTS) is 1. The number of hydrogen-bond donors (Lipinski definition) is 3. The van der Waals surface area contributed by atoms with Gasteiger partial charge in [0, 0.05) is 23.1 Å². The number of amides is 2. The monoisotopic (exact) mass is 622 g/mol. The number of carbonyl (C=O) groups is 4. The first-order valence-electron chi connectivity index (χ1n) is 14.5. The molecule has 0 unspecified atom stereocenters. The Morgan fingerprint density at radius 1 is 1.09 bits per heavy atom. The highest BCUT2D eigenvalue weighted by Gasteiger charge is 2.32. The highest BCUT2D eigenvalue weighted by atomic mass is 16.5. The summed E-state index contributed by atoms with van der Waals surface area (Å²) in [7, 11) is 1.47. The Hall–Kier alpha value is -4.94. The summed E-state index contributed by atoms with van der Waals surface area (Å²) in [6, 6.07) is 7.85. The number of benzene rings is 2. The van der Waals surface area contributed by atoms with Crippen LogP contribution in [-0.4, -0.2) is 70.2 Å². The summed E-state index contributed by atoms with van der Waals surface area (Å²) in [5.41, 5.74) is 1.70. The summed E-state index contributed by atoms with van der Waals surface area (Å²) < 4.78 is 22.2. The van der Waals surface area contributed by atoms with Crippen LogP contribution in [0.3, 0.4) is 0 Å².